The molecule has 100 valence electrons. The zero-order chi connectivity index (χ0) is 13.6. The number of carbonyl (C=O) groups is 1. The lowest BCUT2D eigenvalue weighted by Gasteiger charge is -2.08. The van der Waals surface area contributed by atoms with Crippen molar-refractivity contribution in [3.05, 3.63) is 24.0 Å². The molecule has 2 N–H and O–H groups in total. The highest BCUT2D eigenvalue weighted by molar-refractivity contribution is 5.88. The Morgan fingerprint density at radius 1 is 1.39 bits per heavy atom. The fraction of sp³-hybridized carbons (Fsp3) is 0.455. The van der Waals surface area contributed by atoms with Crippen molar-refractivity contribution in [1.29, 1.82) is 0 Å². The first kappa shape index (κ1) is 14.3. The molecular weight excluding hydrogens is 247 g/mol. The first-order valence-corrected chi connectivity index (χ1v) is 5.51. The number of aromatic nitrogens is 1. The van der Waals surface area contributed by atoms with E-state index in [1.807, 2.05) is 6.92 Å². The molecule has 1 aromatic rings. The van der Waals surface area contributed by atoms with Crippen LogP contribution < -0.4 is 10.6 Å². The summed E-state index contributed by atoms with van der Waals surface area (Å²) in [6, 6.07) is 1.53. The van der Waals surface area contributed by atoms with Crippen LogP contribution >= 0.6 is 0 Å². The van der Waals surface area contributed by atoms with E-state index < -0.39 is 17.9 Å². The number of halogens is 3. The molecule has 1 aromatic heterocycles. The minimum absolute atomic E-state index is 0.219. The van der Waals surface area contributed by atoms with E-state index in [-0.39, 0.29) is 5.69 Å². The number of amides is 2. The Bertz CT molecular complexity index is 390. The van der Waals surface area contributed by atoms with Gasteiger partial charge in [-0.1, -0.05) is 13.3 Å². The van der Waals surface area contributed by atoms with Gasteiger partial charge in [-0.25, -0.2) is 9.78 Å². The smallest absolute Gasteiger partial charge is 0.338 e. The zero-order valence-corrected chi connectivity index (χ0v) is 9.84. The Morgan fingerprint density at radius 3 is 2.61 bits per heavy atom. The maximum atomic E-state index is 12.2. The number of hydrogen-bond acceptors (Lipinski definition) is 2. The second-order valence-electron chi connectivity index (χ2n) is 3.66. The van der Waals surface area contributed by atoms with Crippen LogP contribution in [0.15, 0.2) is 18.3 Å². The third-order valence-electron chi connectivity index (χ3n) is 2.13. The summed E-state index contributed by atoms with van der Waals surface area (Å²) in [7, 11) is 0. The molecule has 0 saturated carbocycles. The largest absolute Gasteiger partial charge is 0.433 e. The van der Waals surface area contributed by atoms with Gasteiger partial charge in [0.1, 0.15) is 5.69 Å². The van der Waals surface area contributed by atoms with Crippen LogP contribution in [0.25, 0.3) is 0 Å². The van der Waals surface area contributed by atoms with Crippen LogP contribution in [0.5, 0.6) is 0 Å². The van der Waals surface area contributed by atoms with Crippen molar-refractivity contribution in [1.82, 2.24) is 10.3 Å². The minimum Gasteiger partial charge on any atom is -0.338 e. The Kier molecular flexibility index (Phi) is 4.94. The van der Waals surface area contributed by atoms with Crippen molar-refractivity contribution in [3.63, 3.8) is 0 Å². The second kappa shape index (κ2) is 6.23. The van der Waals surface area contributed by atoms with E-state index in [9.17, 15) is 18.0 Å². The van der Waals surface area contributed by atoms with Gasteiger partial charge in [0.05, 0.1) is 11.9 Å². The van der Waals surface area contributed by atoms with Gasteiger partial charge in [-0.2, -0.15) is 13.2 Å². The van der Waals surface area contributed by atoms with Crippen LogP contribution in [-0.2, 0) is 6.18 Å². The highest BCUT2D eigenvalue weighted by Gasteiger charge is 2.32. The summed E-state index contributed by atoms with van der Waals surface area (Å²) in [5.74, 6) is 0. The molecule has 0 saturated heterocycles. The predicted molar refractivity (Wildman–Crippen MR) is 61.2 cm³/mol. The van der Waals surface area contributed by atoms with Gasteiger partial charge in [-0.05, 0) is 18.6 Å². The van der Waals surface area contributed by atoms with Crippen LogP contribution in [0.4, 0.5) is 23.7 Å². The molecule has 0 unspecified atom stereocenters. The van der Waals surface area contributed by atoms with Crippen LogP contribution in [0, 0.1) is 0 Å². The lowest BCUT2D eigenvalue weighted by Crippen LogP contribution is -2.29. The third-order valence-corrected chi connectivity index (χ3v) is 2.13. The van der Waals surface area contributed by atoms with Crippen LogP contribution in [-0.4, -0.2) is 17.6 Å². The van der Waals surface area contributed by atoms with Gasteiger partial charge in [0.2, 0.25) is 0 Å². The number of anilines is 1. The average Bonchev–Trinajstić information content (AvgIpc) is 2.29. The van der Waals surface area contributed by atoms with E-state index >= 15 is 0 Å². The van der Waals surface area contributed by atoms with Crippen molar-refractivity contribution < 1.29 is 18.0 Å². The van der Waals surface area contributed by atoms with Crippen molar-refractivity contribution in [3.8, 4) is 0 Å². The monoisotopic (exact) mass is 261 g/mol. The topological polar surface area (TPSA) is 54.0 Å². The highest BCUT2D eigenvalue weighted by atomic mass is 19.4. The molecule has 1 heterocycles. The SMILES string of the molecule is CCCCNC(=O)Nc1ccc(C(F)(F)F)nc1. The minimum atomic E-state index is -4.47. The van der Waals surface area contributed by atoms with Crippen molar-refractivity contribution in [2.45, 2.75) is 25.9 Å². The fourth-order valence-electron chi connectivity index (χ4n) is 1.19. The fourth-order valence-corrected chi connectivity index (χ4v) is 1.19. The number of urea groups is 1. The molecule has 2 amide bonds. The van der Waals surface area contributed by atoms with E-state index in [1.54, 1.807) is 0 Å². The van der Waals surface area contributed by atoms with Crippen molar-refractivity contribution in [2.75, 3.05) is 11.9 Å². The maximum Gasteiger partial charge on any atom is 0.433 e. The first-order valence-electron chi connectivity index (χ1n) is 5.51. The molecule has 0 bridgehead atoms. The van der Waals surface area contributed by atoms with Gasteiger partial charge in [-0.15, -0.1) is 0 Å². The number of rotatable bonds is 4. The standard InChI is InChI=1S/C11H14F3N3O/c1-2-3-6-15-10(18)17-8-4-5-9(16-7-8)11(12,13)14/h4-5,7H,2-3,6H2,1H3,(H2,15,17,18). The summed E-state index contributed by atoms with van der Waals surface area (Å²) in [5, 5.41) is 4.98. The van der Waals surface area contributed by atoms with E-state index in [2.05, 4.69) is 15.6 Å². The molecule has 7 heteroatoms. The van der Waals surface area contributed by atoms with E-state index in [0.717, 1.165) is 31.2 Å². The molecule has 0 fully saturated rings. The zero-order valence-electron chi connectivity index (χ0n) is 9.84. The van der Waals surface area contributed by atoms with Gasteiger partial charge in [-0.3, -0.25) is 0 Å². The Balaban J connectivity index is 2.51. The highest BCUT2D eigenvalue weighted by Crippen LogP contribution is 2.27. The molecule has 18 heavy (non-hydrogen) atoms. The quantitative estimate of drug-likeness (QED) is 0.818. The van der Waals surface area contributed by atoms with E-state index in [0.29, 0.717) is 6.54 Å². The molecule has 4 nitrogen and oxygen atoms in total. The molecule has 0 aliphatic heterocycles. The maximum absolute atomic E-state index is 12.2. The normalized spacial score (nSPS) is 11.1. The van der Waals surface area contributed by atoms with Crippen LogP contribution in [0.3, 0.4) is 0 Å². The molecule has 0 aromatic carbocycles. The average molecular weight is 261 g/mol. The third kappa shape index (κ3) is 4.60. The summed E-state index contributed by atoms with van der Waals surface area (Å²) in [5.41, 5.74) is -0.767. The predicted octanol–water partition coefficient (Wildman–Crippen LogP) is 3.02. The molecule has 0 aliphatic carbocycles. The molecule has 0 spiro atoms. The summed E-state index contributed by atoms with van der Waals surface area (Å²) in [6.45, 7) is 2.51. The Labute approximate surface area is 103 Å². The second-order valence-corrected chi connectivity index (χ2v) is 3.66. The van der Waals surface area contributed by atoms with E-state index in [4.69, 9.17) is 0 Å². The number of unbranched alkanes of at least 4 members (excludes halogenated alkanes) is 1. The number of nitrogens with zero attached hydrogens (tertiary/aromatic N) is 1. The number of hydrogen-bond donors (Lipinski definition) is 2. The molecule has 1 rings (SSSR count). The number of carbonyl (C=O) groups excluding carboxylic acids is 1. The van der Waals surface area contributed by atoms with Crippen LogP contribution in [0.2, 0.25) is 0 Å². The van der Waals surface area contributed by atoms with Gasteiger partial charge in [0, 0.05) is 6.54 Å². The summed E-state index contributed by atoms with van der Waals surface area (Å²) in [6.07, 6.45) is -1.70. The summed E-state index contributed by atoms with van der Waals surface area (Å²) >= 11 is 0. The lowest BCUT2D eigenvalue weighted by molar-refractivity contribution is -0.141. The number of pyridine rings is 1. The van der Waals surface area contributed by atoms with Gasteiger partial charge < -0.3 is 10.6 Å². The molecule has 0 radical (unpaired) electrons. The van der Waals surface area contributed by atoms with Crippen molar-refractivity contribution in [2.24, 2.45) is 0 Å². The Hall–Kier alpha value is -1.79. The van der Waals surface area contributed by atoms with Gasteiger partial charge in [0.25, 0.3) is 0 Å². The van der Waals surface area contributed by atoms with Crippen LogP contribution in [0.1, 0.15) is 25.5 Å². The molecular formula is C11H14F3N3O. The van der Waals surface area contributed by atoms with Gasteiger partial charge in [0.15, 0.2) is 0 Å². The Morgan fingerprint density at radius 2 is 2.11 bits per heavy atom. The van der Waals surface area contributed by atoms with Gasteiger partial charge >= 0.3 is 12.2 Å². The molecule has 0 aliphatic rings. The molecule has 0 atom stereocenters. The summed E-state index contributed by atoms with van der Waals surface area (Å²) in [4.78, 5) is 14.5. The summed E-state index contributed by atoms with van der Waals surface area (Å²) < 4.78 is 36.7. The number of alkyl halides is 3. The van der Waals surface area contributed by atoms with Crippen molar-refractivity contribution >= 4 is 11.7 Å². The number of nitrogens with one attached hydrogen (secondary N) is 2. The van der Waals surface area contributed by atoms with E-state index in [1.165, 1.54) is 0 Å². The lowest BCUT2D eigenvalue weighted by atomic mass is 10.3. The first-order chi connectivity index (χ1) is 8.43.